The molecule has 0 aromatic carbocycles. The Morgan fingerprint density at radius 1 is 1.27 bits per heavy atom. The molecule has 2 aromatic heterocycles. The molecule has 11 heavy (non-hydrogen) atoms. The standard InChI is InChI=1S/C5H2Cl2N4/c6-4-3-5(9-1-8-4)11(7)2-10-3/h1-2H. The van der Waals surface area contributed by atoms with Crippen molar-refractivity contribution in [2.45, 2.75) is 0 Å². The van der Waals surface area contributed by atoms with Crippen molar-refractivity contribution in [1.29, 1.82) is 0 Å². The zero-order chi connectivity index (χ0) is 7.84. The van der Waals surface area contributed by atoms with E-state index in [0.29, 0.717) is 16.3 Å². The molecule has 6 heteroatoms. The summed E-state index contributed by atoms with van der Waals surface area (Å²) in [6.45, 7) is 0. The van der Waals surface area contributed by atoms with Crippen LogP contribution in [-0.2, 0) is 0 Å². The summed E-state index contributed by atoms with van der Waals surface area (Å²) in [5, 5.41) is 0.314. The van der Waals surface area contributed by atoms with Gasteiger partial charge < -0.3 is 0 Å². The molecule has 0 N–H and O–H groups in total. The second-order valence-electron chi connectivity index (χ2n) is 1.89. The highest BCUT2D eigenvalue weighted by Crippen LogP contribution is 2.16. The molecule has 0 bridgehead atoms. The Labute approximate surface area is 71.9 Å². The molecule has 56 valence electrons. The zero-order valence-electron chi connectivity index (χ0n) is 5.20. The van der Waals surface area contributed by atoms with E-state index in [1.807, 2.05) is 0 Å². The van der Waals surface area contributed by atoms with Gasteiger partial charge in [-0.3, -0.25) is 0 Å². The third kappa shape index (κ3) is 0.948. The largest absolute Gasteiger partial charge is 0.230 e. The van der Waals surface area contributed by atoms with Crippen LogP contribution in [0.5, 0.6) is 0 Å². The van der Waals surface area contributed by atoms with Crippen LogP contribution in [0.3, 0.4) is 0 Å². The monoisotopic (exact) mass is 188 g/mol. The lowest BCUT2D eigenvalue weighted by atomic mass is 10.6. The summed E-state index contributed by atoms with van der Waals surface area (Å²) >= 11 is 11.3. The molecular weight excluding hydrogens is 187 g/mol. The van der Waals surface area contributed by atoms with Gasteiger partial charge in [0.25, 0.3) is 0 Å². The number of nitrogens with zero attached hydrogens (tertiary/aromatic N) is 4. The molecule has 0 unspecified atom stereocenters. The van der Waals surface area contributed by atoms with Gasteiger partial charge in [0.15, 0.2) is 10.8 Å². The smallest absolute Gasteiger partial charge is 0.179 e. The minimum Gasteiger partial charge on any atom is -0.230 e. The van der Waals surface area contributed by atoms with Crippen LogP contribution in [0.15, 0.2) is 12.7 Å². The number of hydrogen-bond donors (Lipinski definition) is 0. The van der Waals surface area contributed by atoms with E-state index in [-0.39, 0.29) is 0 Å². The molecule has 0 radical (unpaired) electrons. The maximum absolute atomic E-state index is 5.68. The molecule has 0 aliphatic carbocycles. The average Bonchev–Trinajstić information content (AvgIpc) is 2.35. The van der Waals surface area contributed by atoms with E-state index in [9.17, 15) is 0 Å². The zero-order valence-corrected chi connectivity index (χ0v) is 6.71. The molecule has 0 fully saturated rings. The van der Waals surface area contributed by atoms with Crippen molar-refractivity contribution in [1.82, 2.24) is 19.0 Å². The second kappa shape index (κ2) is 2.32. The lowest BCUT2D eigenvalue weighted by molar-refractivity contribution is 1.17. The summed E-state index contributed by atoms with van der Waals surface area (Å²) in [6.07, 6.45) is 2.76. The topological polar surface area (TPSA) is 43.6 Å². The highest BCUT2D eigenvalue weighted by atomic mass is 35.5. The summed E-state index contributed by atoms with van der Waals surface area (Å²) in [4.78, 5) is 11.5. The lowest BCUT2D eigenvalue weighted by Crippen LogP contribution is -1.84. The van der Waals surface area contributed by atoms with Gasteiger partial charge in [0.1, 0.15) is 18.2 Å². The van der Waals surface area contributed by atoms with Crippen molar-refractivity contribution in [2.75, 3.05) is 0 Å². The summed E-state index contributed by atoms with van der Waals surface area (Å²) in [5.41, 5.74) is 1.04. The van der Waals surface area contributed by atoms with Gasteiger partial charge in [-0.1, -0.05) is 11.6 Å². The van der Waals surface area contributed by atoms with Crippen molar-refractivity contribution in [3.8, 4) is 0 Å². The lowest BCUT2D eigenvalue weighted by Gasteiger charge is -1.89. The van der Waals surface area contributed by atoms with Gasteiger partial charge in [0.05, 0.1) is 0 Å². The molecule has 0 saturated heterocycles. The van der Waals surface area contributed by atoms with Crippen molar-refractivity contribution >= 4 is 34.5 Å². The molecular formula is C5H2Cl2N4. The van der Waals surface area contributed by atoms with Crippen LogP contribution in [0.2, 0.25) is 5.15 Å². The molecule has 2 heterocycles. The fraction of sp³-hybridized carbons (Fsp3) is 0. The summed E-state index contributed by atoms with van der Waals surface area (Å²) < 4.78 is 1.27. The third-order valence-electron chi connectivity index (χ3n) is 1.25. The first-order valence-corrected chi connectivity index (χ1v) is 3.50. The van der Waals surface area contributed by atoms with Crippen LogP contribution in [0, 0.1) is 0 Å². The second-order valence-corrected chi connectivity index (χ2v) is 2.61. The first-order chi connectivity index (χ1) is 5.29. The van der Waals surface area contributed by atoms with Crippen LogP contribution in [-0.4, -0.2) is 19.0 Å². The van der Waals surface area contributed by atoms with E-state index in [2.05, 4.69) is 15.0 Å². The Balaban J connectivity index is 2.94. The first-order valence-electron chi connectivity index (χ1n) is 2.79. The van der Waals surface area contributed by atoms with Gasteiger partial charge in [-0.15, -0.1) is 0 Å². The Morgan fingerprint density at radius 2 is 2.09 bits per heavy atom. The normalized spacial score (nSPS) is 10.7. The van der Waals surface area contributed by atoms with E-state index in [4.69, 9.17) is 23.4 Å². The fourth-order valence-electron chi connectivity index (χ4n) is 0.779. The van der Waals surface area contributed by atoms with Gasteiger partial charge >= 0.3 is 0 Å². The minimum absolute atomic E-state index is 0.314. The molecule has 0 atom stereocenters. The predicted molar refractivity (Wildman–Crippen MR) is 41.6 cm³/mol. The minimum atomic E-state index is 0.314. The van der Waals surface area contributed by atoms with E-state index in [0.717, 1.165) is 0 Å². The number of rotatable bonds is 0. The Morgan fingerprint density at radius 3 is 2.82 bits per heavy atom. The number of fused-ring (bicyclic) bond motifs is 1. The van der Waals surface area contributed by atoms with E-state index in [1.54, 1.807) is 0 Å². The van der Waals surface area contributed by atoms with Crippen molar-refractivity contribution in [3.63, 3.8) is 0 Å². The number of halogens is 2. The van der Waals surface area contributed by atoms with Crippen molar-refractivity contribution < 1.29 is 0 Å². The van der Waals surface area contributed by atoms with Crippen LogP contribution >= 0.6 is 23.4 Å². The Kier molecular flexibility index (Phi) is 1.44. The Hall–Kier alpha value is -0.870. The SMILES string of the molecule is Clc1ncnc2c1ncn2Cl. The third-order valence-corrected chi connectivity index (χ3v) is 1.77. The Bertz CT molecular complexity index is 396. The van der Waals surface area contributed by atoms with Gasteiger partial charge in [-0.05, 0) is 0 Å². The van der Waals surface area contributed by atoms with Crippen LogP contribution < -0.4 is 0 Å². The highest BCUT2D eigenvalue weighted by Gasteiger charge is 2.05. The van der Waals surface area contributed by atoms with E-state index in [1.165, 1.54) is 16.7 Å². The maximum atomic E-state index is 5.68. The molecule has 0 aliphatic rings. The quantitative estimate of drug-likeness (QED) is 0.589. The van der Waals surface area contributed by atoms with E-state index < -0.39 is 0 Å². The molecule has 0 saturated carbocycles. The fourth-order valence-corrected chi connectivity index (χ4v) is 1.12. The van der Waals surface area contributed by atoms with Crippen molar-refractivity contribution in [2.24, 2.45) is 0 Å². The summed E-state index contributed by atoms with van der Waals surface area (Å²) in [6, 6.07) is 0. The first kappa shape index (κ1) is 6.82. The van der Waals surface area contributed by atoms with Gasteiger partial charge in [-0.2, -0.15) is 0 Å². The van der Waals surface area contributed by atoms with Gasteiger partial charge in [0, 0.05) is 11.8 Å². The number of aromatic nitrogens is 4. The van der Waals surface area contributed by atoms with Crippen molar-refractivity contribution in [3.05, 3.63) is 17.8 Å². The van der Waals surface area contributed by atoms with Gasteiger partial charge in [0.2, 0.25) is 0 Å². The number of imidazole rings is 1. The maximum Gasteiger partial charge on any atom is 0.179 e. The molecule has 0 aliphatic heterocycles. The van der Waals surface area contributed by atoms with Crippen LogP contribution in [0.1, 0.15) is 0 Å². The summed E-state index contributed by atoms with van der Waals surface area (Å²) in [5.74, 6) is 0. The predicted octanol–water partition coefficient (Wildman–Crippen LogP) is 1.48. The molecule has 0 amide bonds. The molecule has 2 aromatic rings. The van der Waals surface area contributed by atoms with Gasteiger partial charge in [-0.25, -0.2) is 19.0 Å². The molecule has 2 rings (SSSR count). The van der Waals surface area contributed by atoms with E-state index >= 15 is 0 Å². The average molecular weight is 189 g/mol. The number of hydrogen-bond acceptors (Lipinski definition) is 3. The van der Waals surface area contributed by atoms with Crippen LogP contribution in [0.25, 0.3) is 11.2 Å². The highest BCUT2D eigenvalue weighted by molar-refractivity contribution is 6.33. The van der Waals surface area contributed by atoms with Crippen LogP contribution in [0.4, 0.5) is 0 Å². The molecule has 0 spiro atoms. The summed E-state index contributed by atoms with van der Waals surface area (Å²) in [7, 11) is 0. The molecule has 4 nitrogen and oxygen atoms in total.